The summed E-state index contributed by atoms with van der Waals surface area (Å²) in [5.74, 6) is 0.918. The average molecular weight is 393 g/mol. The van der Waals surface area contributed by atoms with Gasteiger partial charge >= 0.3 is 0 Å². The van der Waals surface area contributed by atoms with Gasteiger partial charge in [-0.3, -0.25) is 19.4 Å². The number of carbonyl (C=O) groups excluding carboxylic acids is 2. The molecule has 0 N–H and O–H groups in total. The smallest absolute Gasteiger partial charge is 0.223 e. The molecule has 2 aliphatic rings. The highest BCUT2D eigenvalue weighted by Crippen LogP contribution is 2.49. The second kappa shape index (κ2) is 7.06. The van der Waals surface area contributed by atoms with Gasteiger partial charge in [-0.05, 0) is 45.6 Å². The molecule has 0 spiro atoms. The van der Waals surface area contributed by atoms with Gasteiger partial charge in [-0.25, -0.2) is 4.98 Å². The fourth-order valence-corrected chi connectivity index (χ4v) is 5.11. The summed E-state index contributed by atoms with van der Waals surface area (Å²) in [6.45, 7) is 10.6. The van der Waals surface area contributed by atoms with Crippen LogP contribution in [0, 0.1) is 5.92 Å². The molecular weight excluding hydrogens is 364 g/mol. The van der Waals surface area contributed by atoms with Crippen molar-refractivity contribution in [3.05, 3.63) is 17.3 Å². The topological polar surface area (TPSA) is 56.8 Å². The van der Waals surface area contributed by atoms with Crippen molar-refractivity contribution in [2.24, 2.45) is 5.92 Å². The Morgan fingerprint density at radius 1 is 1.37 bits per heavy atom. The first kappa shape index (κ1) is 20.1. The third-order valence-electron chi connectivity index (χ3n) is 6.71. The minimum Gasteiger partial charge on any atom is -0.312 e. The molecule has 4 unspecified atom stereocenters. The molecular formula is C20H29ClN4O2. The molecule has 3 rings (SSSR count). The molecule has 0 bridgehead atoms. The number of carbonyl (C=O) groups is 2. The molecule has 0 saturated carbocycles. The first-order chi connectivity index (χ1) is 12.6. The predicted octanol–water partition coefficient (Wildman–Crippen LogP) is 3.33. The van der Waals surface area contributed by atoms with Crippen LogP contribution in [0.1, 0.15) is 47.5 Å². The van der Waals surface area contributed by atoms with Gasteiger partial charge in [0.2, 0.25) is 12.3 Å². The molecule has 27 heavy (non-hydrogen) atoms. The van der Waals surface area contributed by atoms with Crippen LogP contribution in [0.15, 0.2) is 12.3 Å². The number of hydrogen-bond donors (Lipinski definition) is 0. The van der Waals surface area contributed by atoms with E-state index in [4.69, 9.17) is 11.6 Å². The summed E-state index contributed by atoms with van der Waals surface area (Å²) < 4.78 is 0. The van der Waals surface area contributed by atoms with Crippen molar-refractivity contribution in [2.45, 2.75) is 71.1 Å². The van der Waals surface area contributed by atoms with Crippen LogP contribution in [-0.2, 0) is 9.59 Å². The molecule has 148 valence electrons. The van der Waals surface area contributed by atoms with E-state index in [0.717, 1.165) is 19.3 Å². The van der Waals surface area contributed by atoms with E-state index in [9.17, 15) is 9.59 Å². The first-order valence-corrected chi connectivity index (χ1v) is 9.89. The van der Waals surface area contributed by atoms with Gasteiger partial charge in [0.1, 0.15) is 0 Å². The van der Waals surface area contributed by atoms with Crippen LogP contribution < -0.4 is 9.80 Å². The van der Waals surface area contributed by atoms with E-state index >= 15 is 0 Å². The molecule has 2 fully saturated rings. The number of pyridine rings is 1. The summed E-state index contributed by atoms with van der Waals surface area (Å²) in [5, 5.41) is 0.435. The van der Waals surface area contributed by atoms with E-state index in [0.29, 0.717) is 34.5 Å². The van der Waals surface area contributed by atoms with Crippen molar-refractivity contribution in [3.8, 4) is 0 Å². The minimum absolute atomic E-state index is 0.0464. The number of rotatable bonds is 4. The molecule has 2 aliphatic heterocycles. The van der Waals surface area contributed by atoms with Crippen molar-refractivity contribution >= 4 is 35.4 Å². The van der Waals surface area contributed by atoms with Gasteiger partial charge in [0.25, 0.3) is 0 Å². The van der Waals surface area contributed by atoms with E-state index in [1.165, 1.54) is 18.0 Å². The lowest BCUT2D eigenvalue weighted by Crippen LogP contribution is -2.75. The molecule has 6 nitrogen and oxygen atoms in total. The Kier molecular flexibility index (Phi) is 5.25. The highest BCUT2D eigenvalue weighted by atomic mass is 35.5. The maximum atomic E-state index is 12.1. The zero-order valence-corrected chi connectivity index (χ0v) is 17.7. The van der Waals surface area contributed by atoms with Gasteiger partial charge in [0.15, 0.2) is 5.82 Å². The maximum absolute atomic E-state index is 12.1. The second-order valence-corrected chi connectivity index (χ2v) is 8.91. The fraction of sp³-hybridized carbons (Fsp3) is 0.650. The van der Waals surface area contributed by atoms with E-state index in [2.05, 4.69) is 37.6 Å². The summed E-state index contributed by atoms with van der Waals surface area (Å²) in [5.41, 5.74) is 0.749. The standard InChI is InChI=1S/C20H29ClN4O2/c1-12-7-16(9-17-13(2)20(4,5)25(12)17)24(11-26)19-18(23(6)14(3)27)8-15(21)10-22-19/h8,10-13,16-17H,7,9H2,1-6H3. The monoisotopic (exact) mass is 392 g/mol. The molecule has 0 aromatic carbocycles. The lowest BCUT2D eigenvalue weighted by Gasteiger charge is -2.66. The van der Waals surface area contributed by atoms with Crippen LogP contribution in [0.4, 0.5) is 11.5 Å². The summed E-state index contributed by atoms with van der Waals surface area (Å²) in [7, 11) is 1.67. The molecule has 1 aromatic rings. The molecule has 2 amide bonds. The summed E-state index contributed by atoms with van der Waals surface area (Å²) in [6, 6.07) is 2.57. The molecule has 4 atom stereocenters. The highest BCUT2D eigenvalue weighted by molar-refractivity contribution is 6.31. The Balaban J connectivity index is 1.93. The zero-order valence-electron chi connectivity index (χ0n) is 16.9. The van der Waals surface area contributed by atoms with Crippen LogP contribution in [0.2, 0.25) is 5.02 Å². The number of amides is 2. The normalized spacial score (nSPS) is 29.4. The van der Waals surface area contributed by atoms with Crippen LogP contribution in [-0.4, -0.2) is 52.9 Å². The Morgan fingerprint density at radius 3 is 2.63 bits per heavy atom. The van der Waals surface area contributed by atoms with Crippen molar-refractivity contribution in [2.75, 3.05) is 16.8 Å². The van der Waals surface area contributed by atoms with Gasteiger partial charge in [-0.2, -0.15) is 0 Å². The van der Waals surface area contributed by atoms with Gasteiger partial charge < -0.3 is 4.90 Å². The Hall–Kier alpha value is -1.66. The van der Waals surface area contributed by atoms with Crippen LogP contribution in [0.5, 0.6) is 0 Å². The first-order valence-electron chi connectivity index (χ1n) is 9.51. The third-order valence-corrected chi connectivity index (χ3v) is 6.92. The predicted molar refractivity (Wildman–Crippen MR) is 108 cm³/mol. The van der Waals surface area contributed by atoms with Crippen LogP contribution in [0.3, 0.4) is 0 Å². The number of halogens is 1. The lowest BCUT2D eigenvalue weighted by molar-refractivity contribution is -0.158. The zero-order chi connectivity index (χ0) is 20.1. The molecule has 0 radical (unpaired) electrons. The van der Waals surface area contributed by atoms with Crippen molar-refractivity contribution in [3.63, 3.8) is 0 Å². The fourth-order valence-electron chi connectivity index (χ4n) is 4.96. The number of anilines is 2. The van der Waals surface area contributed by atoms with Crippen molar-refractivity contribution < 1.29 is 9.59 Å². The second-order valence-electron chi connectivity index (χ2n) is 8.48. The van der Waals surface area contributed by atoms with Gasteiger partial charge in [0.05, 0.1) is 10.7 Å². The summed E-state index contributed by atoms with van der Waals surface area (Å²) >= 11 is 6.11. The Labute approximate surface area is 166 Å². The highest BCUT2D eigenvalue weighted by Gasteiger charge is 2.56. The molecule has 1 aromatic heterocycles. The van der Waals surface area contributed by atoms with Crippen molar-refractivity contribution in [1.29, 1.82) is 0 Å². The number of fused-ring (bicyclic) bond motifs is 1. The maximum Gasteiger partial charge on any atom is 0.223 e. The Bertz CT molecular complexity index is 753. The third kappa shape index (κ3) is 3.23. The van der Waals surface area contributed by atoms with E-state index in [1.54, 1.807) is 18.0 Å². The largest absolute Gasteiger partial charge is 0.312 e. The quantitative estimate of drug-likeness (QED) is 0.737. The van der Waals surface area contributed by atoms with Gasteiger partial charge in [0, 0.05) is 43.8 Å². The Morgan fingerprint density at radius 2 is 2.04 bits per heavy atom. The SMILES string of the molecule is CC(=O)N(C)c1cc(Cl)cnc1N(C=O)C1CC(C)N2C(C1)C(C)C2(C)C. The van der Waals surface area contributed by atoms with E-state index < -0.39 is 0 Å². The number of nitrogens with zero attached hydrogens (tertiary/aromatic N) is 4. The van der Waals surface area contributed by atoms with Gasteiger partial charge in [-0.15, -0.1) is 0 Å². The lowest BCUT2D eigenvalue weighted by atomic mass is 9.65. The molecule has 7 heteroatoms. The number of aromatic nitrogens is 1. The molecule has 2 saturated heterocycles. The van der Waals surface area contributed by atoms with Gasteiger partial charge in [-0.1, -0.05) is 18.5 Å². The molecule has 3 heterocycles. The number of hydrogen-bond acceptors (Lipinski definition) is 4. The summed E-state index contributed by atoms with van der Waals surface area (Å²) in [6.07, 6.45) is 4.15. The summed E-state index contributed by atoms with van der Waals surface area (Å²) in [4.78, 5) is 34.2. The van der Waals surface area contributed by atoms with E-state index in [-0.39, 0.29) is 17.5 Å². The average Bonchev–Trinajstić information content (AvgIpc) is 2.61. The van der Waals surface area contributed by atoms with Crippen molar-refractivity contribution in [1.82, 2.24) is 9.88 Å². The molecule has 0 aliphatic carbocycles. The van der Waals surface area contributed by atoms with Crippen LogP contribution >= 0.6 is 11.6 Å². The van der Waals surface area contributed by atoms with Crippen LogP contribution in [0.25, 0.3) is 0 Å². The minimum atomic E-state index is -0.135. The number of piperidine rings is 1. The van der Waals surface area contributed by atoms with E-state index in [1.807, 2.05) is 0 Å².